The monoisotopic (exact) mass is 217 g/mol. The van der Waals surface area contributed by atoms with Gasteiger partial charge in [-0.2, -0.15) is 5.26 Å². The minimum Gasteiger partial charge on any atom is -0.465 e. The van der Waals surface area contributed by atoms with Crippen LogP contribution >= 0.6 is 0 Å². The Labute approximate surface area is 93.5 Å². The van der Waals surface area contributed by atoms with Crippen LogP contribution < -0.4 is 0 Å². The molecule has 1 aromatic carbocycles. The molecule has 0 saturated carbocycles. The van der Waals surface area contributed by atoms with E-state index in [2.05, 4.69) is 4.74 Å². The molecule has 0 spiro atoms. The van der Waals surface area contributed by atoms with Crippen LogP contribution in [0.25, 0.3) is 0 Å². The smallest absolute Gasteiger partial charge is 0.337 e. The third-order valence-corrected chi connectivity index (χ3v) is 2.18. The van der Waals surface area contributed by atoms with Crippen LogP contribution in [0.15, 0.2) is 18.2 Å². The highest BCUT2D eigenvalue weighted by molar-refractivity contribution is 5.99. The first-order valence-electron chi connectivity index (χ1n) is 4.79. The molecule has 1 rings (SSSR count). The van der Waals surface area contributed by atoms with E-state index in [1.807, 2.05) is 6.07 Å². The molecule has 0 radical (unpaired) electrons. The van der Waals surface area contributed by atoms with Crippen molar-refractivity contribution in [2.45, 2.75) is 13.3 Å². The lowest BCUT2D eigenvalue weighted by atomic mass is 10.0. The number of methoxy groups -OCH3 is 1. The largest absolute Gasteiger partial charge is 0.465 e. The molecule has 0 aliphatic heterocycles. The molecule has 0 amide bonds. The lowest BCUT2D eigenvalue weighted by Crippen LogP contribution is -2.05. The van der Waals surface area contributed by atoms with Gasteiger partial charge in [-0.25, -0.2) is 4.79 Å². The van der Waals surface area contributed by atoms with Crippen LogP contribution in [0.2, 0.25) is 0 Å². The first kappa shape index (κ1) is 11.9. The summed E-state index contributed by atoms with van der Waals surface area (Å²) in [6, 6.07) is 6.24. The van der Waals surface area contributed by atoms with Crippen molar-refractivity contribution in [3.05, 3.63) is 34.9 Å². The van der Waals surface area contributed by atoms with Gasteiger partial charge in [-0.05, 0) is 18.2 Å². The average molecular weight is 217 g/mol. The van der Waals surface area contributed by atoms with Crippen molar-refractivity contribution >= 4 is 11.8 Å². The maximum Gasteiger partial charge on any atom is 0.337 e. The van der Waals surface area contributed by atoms with E-state index in [1.165, 1.54) is 25.3 Å². The first-order valence-corrected chi connectivity index (χ1v) is 4.79. The van der Waals surface area contributed by atoms with Crippen molar-refractivity contribution < 1.29 is 14.3 Å². The Hall–Kier alpha value is -2.15. The summed E-state index contributed by atoms with van der Waals surface area (Å²) in [4.78, 5) is 22.7. The maximum atomic E-state index is 11.5. The van der Waals surface area contributed by atoms with E-state index in [0.717, 1.165) is 0 Å². The van der Waals surface area contributed by atoms with Gasteiger partial charge in [-0.15, -0.1) is 0 Å². The summed E-state index contributed by atoms with van der Waals surface area (Å²) in [5.74, 6) is -0.639. The second-order valence-electron chi connectivity index (χ2n) is 3.14. The topological polar surface area (TPSA) is 67.2 Å². The maximum absolute atomic E-state index is 11.5. The van der Waals surface area contributed by atoms with Crippen molar-refractivity contribution in [2.24, 2.45) is 0 Å². The zero-order chi connectivity index (χ0) is 12.1. The van der Waals surface area contributed by atoms with Crippen molar-refractivity contribution in [3.8, 4) is 6.07 Å². The normalized spacial score (nSPS) is 9.31. The number of ketones is 1. The fraction of sp³-hybridized carbons (Fsp3) is 0.250. The predicted octanol–water partition coefficient (Wildman–Crippen LogP) is 1.94. The molecular weight excluding hydrogens is 206 g/mol. The van der Waals surface area contributed by atoms with Crippen LogP contribution in [-0.2, 0) is 4.74 Å². The number of benzene rings is 1. The second kappa shape index (κ2) is 5.08. The number of esters is 1. The molecule has 0 heterocycles. The molecule has 0 atom stereocenters. The third kappa shape index (κ3) is 2.26. The Morgan fingerprint density at radius 2 is 2.12 bits per heavy atom. The van der Waals surface area contributed by atoms with Gasteiger partial charge in [-0.1, -0.05) is 6.92 Å². The van der Waals surface area contributed by atoms with Gasteiger partial charge < -0.3 is 4.74 Å². The van der Waals surface area contributed by atoms with Gasteiger partial charge in [0.1, 0.15) is 0 Å². The van der Waals surface area contributed by atoms with Crippen LogP contribution in [0.1, 0.15) is 39.6 Å². The lowest BCUT2D eigenvalue weighted by molar-refractivity contribution is 0.0600. The number of ether oxygens (including phenoxy) is 1. The SMILES string of the molecule is CCC(=O)c1ccc(C(=O)OC)cc1C#N. The van der Waals surface area contributed by atoms with E-state index in [-0.39, 0.29) is 16.9 Å². The molecule has 82 valence electrons. The van der Waals surface area contributed by atoms with E-state index in [4.69, 9.17) is 5.26 Å². The van der Waals surface area contributed by atoms with E-state index in [9.17, 15) is 9.59 Å². The summed E-state index contributed by atoms with van der Waals surface area (Å²) in [6.45, 7) is 1.72. The van der Waals surface area contributed by atoms with E-state index < -0.39 is 5.97 Å². The molecular formula is C12H11NO3. The van der Waals surface area contributed by atoms with Crippen molar-refractivity contribution in [3.63, 3.8) is 0 Å². The average Bonchev–Trinajstić information content (AvgIpc) is 2.35. The van der Waals surface area contributed by atoms with Gasteiger partial charge in [0.05, 0.1) is 24.3 Å². The van der Waals surface area contributed by atoms with Gasteiger partial charge in [0.2, 0.25) is 0 Å². The quantitative estimate of drug-likeness (QED) is 0.573. The molecule has 1 aromatic rings. The van der Waals surface area contributed by atoms with Gasteiger partial charge >= 0.3 is 5.97 Å². The Morgan fingerprint density at radius 1 is 1.44 bits per heavy atom. The highest BCUT2D eigenvalue weighted by Gasteiger charge is 2.13. The van der Waals surface area contributed by atoms with Crippen molar-refractivity contribution in [1.29, 1.82) is 5.26 Å². The van der Waals surface area contributed by atoms with Gasteiger partial charge in [0, 0.05) is 12.0 Å². The van der Waals surface area contributed by atoms with Gasteiger partial charge in [-0.3, -0.25) is 4.79 Å². The lowest BCUT2D eigenvalue weighted by Gasteiger charge is -2.03. The second-order valence-corrected chi connectivity index (χ2v) is 3.14. The Morgan fingerprint density at radius 3 is 2.62 bits per heavy atom. The molecule has 4 nitrogen and oxygen atoms in total. The summed E-state index contributed by atoms with van der Waals surface area (Å²) in [7, 11) is 1.26. The van der Waals surface area contributed by atoms with E-state index in [0.29, 0.717) is 12.0 Å². The standard InChI is InChI=1S/C12H11NO3/c1-3-11(14)10-5-4-8(12(15)16-2)6-9(10)7-13/h4-6H,3H2,1-2H3. The first-order chi connectivity index (χ1) is 7.63. The summed E-state index contributed by atoms with van der Waals surface area (Å²) in [6.07, 6.45) is 0.326. The number of rotatable bonds is 3. The molecule has 0 fully saturated rings. The highest BCUT2D eigenvalue weighted by Crippen LogP contribution is 2.14. The molecule has 0 unspecified atom stereocenters. The number of nitrogens with zero attached hydrogens (tertiary/aromatic N) is 1. The fourth-order valence-electron chi connectivity index (χ4n) is 1.32. The van der Waals surface area contributed by atoms with Gasteiger partial charge in [0.25, 0.3) is 0 Å². The van der Waals surface area contributed by atoms with Crippen LogP contribution in [-0.4, -0.2) is 18.9 Å². The molecule has 0 aromatic heterocycles. The van der Waals surface area contributed by atoms with Crippen LogP contribution in [0.5, 0.6) is 0 Å². The summed E-state index contributed by atoms with van der Waals surface area (Å²) in [5.41, 5.74) is 0.819. The highest BCUT2D eigenvalue weighted by atomic mass is 16.5. The Bertz CT molecular complexity index is 472. The predicted molar refractivity (Wildman–Crippen MR) is 57.1 cm³/mol. The minimum atomic E-state index is -0.521. The summed E-state index contributed by atoms with van der Waals surface area (Å²) in [5, 5.41) is 8.89. The number of Topliss-reactive ketones (excluding diaryl/α,β-unsaturated/α-hetero) is 1. The molecule has 0 bridgehead atoms. The Balaban J connectivity index is 3.23. The fourth-order valence-corrected chi connectivity index (χ4v) is 1.32. The number of hydrogen-bond acceptors (Lipinski definition) is 4. The zero-order valence-corrected chi connectivity index (χ0v) is 9.11. The van der Waals surface area contributed by atoms with Crippen LogP contribution in [0, 0.1) is 11.3 Å². The molecule has 16 heavy (non-hydrogen) atoms. The van der Waals surface area contributed by atoms with Gasteiger partial charge in [0.15, 0.2) is 5.78 Å². The summed E-state index contributed by atoms with van der Waals surface area (Å²) >= 11 is 0. The van der Waals surface area contributed by atoms with Crippen LogP contribution in [0.3, 0.4) is 0 Å². The van der Waals surface area contributed by atoms with Crippen molar-refractivity contribution in [1.82, 2.24) is 0 Å². The Kier molecular flexibility index (Phi) is 3.78. The van der Waals surface area contributed by atoms with Crippen LogP contribution in [0.4, 0.5) is 0 Å². The summed E-state index contributed by atoms with van der Waals surface area (Å²) < 4.78 is 4.53. The zero-order valence-electron chi connectivity index (χ0n) is 9.11. The van der Waals surface area contributed by atoms with Crippen molar-refractivity contribution in [2.75, 3.05) is 7.11 Å². The van der Waals surface area contributed by atoms with E-state index in [1.54, 1.807) is 6.92 Å². The molecule has 0 N–H and O–H groups in total. The number of hydrogen-bond donors (Lipinski definition) is 0. The number of carbonyl (C=O) groups excluding carboxylic acids is 2. The molecule has 0 aliphatic carbocycles. The minimum absolute atomic E-state index is 0.118. The number of carbonyl (C=O) groups is 2. The van der Waals surface area contributed by atoms with E-state index >= 15 is 0 Å². The number of nitriles is 1. The molecule has 4 heteroatoms. The third-order valence-electron chi connectivity index (χ3n) is 2.18. The molecule has 0 saturated heterocycles. The molecule has 0 aliphatic rings.